The Bertz CT molecular complexity index is 378. The number of carbonyl (C=O) groups is 2. The summed E-state index contributed by atoms with van der Waals surface area (Å²) in [7, 11) is 0. The first kappa shape index (κ1) is 12.6. The number of rotatable bonds is 4. The smallest absolute Gasteiger partial charge is 0.325 e. The molecule has 6 heteroatoms. The van der Waals surface area contributed by atoms with Crippen molar-refractivity contribution in [1.29, 1.82) is 0 Å². The van der Waals surface area contributed by atoms with Crippen molar-refractivity contribution in [3.8, 4) is 0 Å². The lowest BCUT2D eigenvalue weighted by molar-refractivity contribution is -0.141. The Labute approximate surface area is 101 Å². The van der Waals surface area contributed by atoms with Crippen LogP contribution in [0.25, 0.3) is 0 Å². The molecule has 0 saturated heterocycles. The number of nitrogens with one attached hydrogen (secondary N) is 1. The second-order valence-corrected chi connectivity index (χ2v) is 3.67. The third kappa shape index (κ3) is 3.98. The normalized spacial score (nSPS) is 9.62. The van der Waals surface area contributed by atoms with Gasteiger partial charge in [-0.1, -0.05) is 0 Å². The van der Waals surface area contributed by atoms with Crippen molar-refractivity contribution < 1.29 is 14.3 Å². The highest BCUT2D eigenvalue weighted by molar-refractivity contribution is 9.10. The number of ether oxygens (including phenoxy) is 1. The summed E-state index contributed by atoms with van der Waals surface area (Å²) in [5.41, 5.74) is 0.396. The van der Waals surface area contributed by atoms with Crippen LogP contribution < -0.4 is 5.32 Å². The number of hydrogen-bond donors (Lipinski definition) is 1. The van der Waals surface area contributed by atoms with Crippen LogP contribution in [0.4, 0.5) is 0 Å². The first-order chi connectivity index (χ1) is 7.63. The van der Waals surface area contributed by atoms with E-state index in [-0.39, 0.29) is 12.5 Å². The number of halogens is 1. The van der Waals surface area contributed by atoms with Crippen molar-refractivity contribution in [1.82, 2.24) is 10.3 Å². The van der Waals surface area contributed by atoms with E-state index >= 15 is 0 Å². The zero-order chi connectivity index (χ0) is 12.0. The Morgan fingerprint density at radius 3 is 2.81 bits per heavy atom. The van der Waals surface area contributed by atoms with Crippen LogP contribution >= 0.6 is 15.9 Å². The maximum Gasteiger partial charge on any atom is 0.325 e. The second kappa shape index (κ2) is 6.22. The highest BCUT2D eigenvalue weighted by Crippen LogP contribution is 2.05. The van der Waals surface area contributed by atoms with E-state index in [2.05, 4.69) is 31.0 Å². The molecule has 0 radical (unpaired) electrons. The van der Waals surface area contributed by atoms with Crippen molar-refractivity contribution in [3.05, 3.63) is 28.5 Å². The van der Waals surface area contributed by atoms with Crippen LogP contribution in [0.3, 0.4) is 0 Å². The van der Waals surface area contributed by atoms with Crippen LogP contribution in [0, 0.1) is 0 Å². The molecule has 86 valence electrons. The summed E-state index contributed by atoms with van der Waals surface area (Å²) in [6, 6.07) is 3.26. The fourth-order valence-corrected chi connectivity index (χ4v) is 1.21. The van der Waals surface area contributed by atoms with Gasteiger partial charge in [0.15, 0.2) is 0 Å². The van der Waals surface area contributed by atoms with Gasteiger partial charge in [0.1, 0.15) is 11.1 Å². The third-order valence-electron chi connectivity index (χ3n) is 1.69. The van der Waals surface area contributed by atoms with E-state index in [4.69, 9.17) is 0 Å². The maximum absolute atomic E-state index is 11.5. The van der Waals surface area contributed by atoms with Gasteiger partial charge in [-0.2, -0.15) is 0 Å². The summed E-state index contributed by atoms with van der Waals surface area (Å²) in [6.45, 7) is 1.87. The SMILES string of the molecule is CCOC(=O)CNC(=O)c1ccc(Br)nc1. The Kier molecular flexibility index (Phi) is 4.91. The molecule has 1 amide bonds. The quantitative estimate of drug-likeness (QED) is 0.666. The summed E-state index contributed by atoms with van der Waals surface area (Å²) in [6.07, 6.45) is 1.42. The molecule has 5 nitrogen and oxygen atoms in total. The summed E-state index contributed by atoms with van der Waals surface area (Å²) >= 11 is 3.16. The minimum Gasteiger partial charge on any atom is -0.465 e. The summed E-state index contributed by atoms with van der Waals surface area (Å²) < 4.78 is 5.32. The standard InChI is InChI=1S/C10H11BrN2O3/c1-2-16-9(14)6-13-10(15)7-3-4-8(11)12-5-7/h3-5H,2,6H2,1H3,(H,13,15). The molecule has 0 spiro atoms. The van der Waals surface area contributed by atoms with Crippen LogP contribution in [0.1, 0.15) is 17.3 Å². The van der Waals surface area contributed by atoms with Crippen molar-refractivity contribution >= 4 is 27.8 Å². The Morgan fingerprint density at radius 1 is 1.50 bits per heavy atom. The van der Waals surface area contributed by atoms with Gasteiger partial charge in [-0.25, -0.2) is 4.98 Å². The molecule has 0 aliphatic rings. The number of hydrogen-bond acceptors (Lipinski definition) is 4. The van der Waals surface area contributed by atoms with Crippen molar-refractivity contribution in [3.63, 3.8) is 0 Å². The minimum atomic E-state index is -0.457. The third-order valence-corrected chi connectivity index (χ3v) is 2.16. The molecule has 16 heavy (non-hydrogen) atoms. The number of esters is 1. The van der Waals surface area contributed by atoms with Gasteiger partial charge < -0.3 is 10.1 Å². The van der Waals surface area contributed by atoms with Crippen molar-refractivity contribution in [2.75, 3.05) is 13.2 Å². The zero-order valence-electron chi connectivity index (χ0n) is 8.70. The highest BCUT2D eigenvalue weighted by Gasteiger charge is 2.08. The molecule has 0 aliphatic heterocycles. The van der Waals surface area contributed by atoms with E-state index in [1.807, 2.05) is 0 Å². The van der Waals surface area contributed by atoms with Crippen LogP contribution in [-0.2, 0) is 9.53 Å². The lowest BCUT2D eigenvalue weighted by atomic mass is 10.3. The number of amides is 1. The Morgan fingerprint density at radius 2 is 2.25 bits per heavy atom. The van der Waals surface area contributed by atoms with Crippen LogP contribution in [0.15, 0.2) is 22.9 Å². The molecular formula is C10H11BrN2O3. The van der Waals surface area contributed by atoms with Crippen molar-refractivity contribution in [2.45, 2.75) is 6.92 Å². The largest absolute Gasteiger partial charge is 0.465 e. The van der Waals surface area contributed by atoms with Gasteiger partial charge in [0.25, 0.3) is 5.91 Å². The second-order valence-electron chi connectivity index (χ2n) is 2.86. The molecule has 0 aromatic carbocycles. The first-order valence-electron chi connectivity index (χ1n) is 4.69. The number of carbonyl (C=O) groups excluding carboxylic acids is 2. The molecule has 0 saturated carbocycles. The summed E-state index contributed by atoms with van der Waals surface area (Å²) in [4.78, 5) is 26.4. The molecule has 0 fully saturated rings. The maximum atomic E-state index is 11.5. The van der Waals surface area contributed by atoms with E-state index in [9.17, 15) is 9.59 Å². The summed E-state index contributed by atoms with van der Waals surface area (Å²) in [5.74, 6) is -0.811. The molecule has 1 heterocycles. The van der Waals surface area contributed by atoms with Crippen molar-refractivity contribution in [2.24, 2.45) is 0 Å². The van der Waals surface area contributed by atoms with Crippen LogP contribution in [0.5, 0.6) is 0 Å². The van der Waals surface area contributed by atoms with E-state index in [0.29, 0.717) is 16.8 Å². The van der Waals surface area contributed by atoms with Gasteiger partial charge in [0, 0.05) is 6.20 Å². The molecular weight excluding hydrogens is 276 g/mol. The number of aromatic nitrogens is 1. The monoisotopic (exact) mass is 286 g/mol. The fourth-order valence-electron chi connectivity index (χ4n) is 0.977. The minimum absolute atomic E-state index is 0.136. The lowest BCUT2D eigenvalue weighted by Crippen LogP contribution is -2.30. The van der Waals surface area contributed by atoms with Gasteiger partial charge in [0.05, 0.1) is 12.2 Å². The zero-order valence-corrected chi connectivity index (χ0v) is 10.3. The molecule has 1 aromatic rings. The average molecular weight is 287 g/mol. The van der Waals surface area contributed by atoms with Gasteiger partial charge >= 0.3 is 5.97 Å². The summed E-state index contributed by atoms with van der Waals surface area (Å²) in [5, 5.41) is 2.43. The number of pyridine rings is 1. The van der Waals surface area contributed by atoms with E-state index in [1.165, 1.54) is 6.20 Å². The molecule has 1 N–H and O–H groups in total. The van der Waals surface area contributed by atoms with E-state index in [0.717, 1.165) is 0 Å². The molecule has 0 bridgehead atoms. The number of nitrogens with zero attached hydrogens (tertiary/aromatic N) is 1. The topological polar surface area (TPSA) is 68.3 Å². The highest BCUT2D eigenvalue weighted by atomic mass is 79.9. The predicted octanol–water partition coefficient (Wildman–Crippen LogP) is 1.14. The van der Waals surface area contributed by atoms with Gasteiger partial charge in [0.2, 0.25) is 0 Å². The Balaban J connectivity index is 2.47. The van der Waals surface area contributed by atoms with Gasteiger partial charge in [-0.3, -0.25) is 9.59 Å². The van der Waals surface area contributed by atoms with Crippen LogP contribution in [0.2, 0.25) is 0 Å². The first-order valence-corrected chi connectivity index (χ1v) is 5.48. The predicted molar refractivity (Wildman–Crippen MR) is 60.9 cm³/mol. The fraction of sp³-hybridized carbons (Fsp3) is 0.300. The molecule has 0 aliphatic carbocycles. The molecule has 1 aromatic heterocycles. The lowest BCUT2D eigenvalue weighted by Gasteiger charge is -2.04. The van der Waals surface area contributed by atoms with Crippen LogP contribution in [-0.4, -0.2) is 30.0 Å². The molecule has 0 atom stereocenters. The molecule has 0 unspecified atom stereocenters. The van der Waals surface area contributed by atoms with Gasteiger partial charge in [-0.05, 0) is 35.0 Å². The average Bonchev–Trinajstić information content (AvgIpc) is 2.27. The Hall–Kier alpha value is -1.43. The van der Waals surface area contributed by atoms with Gasteiger partial charge in [-0.15, -0.1) is 0 Å². The molecule has 1 rings (SSSR count). The van der Waals surface area contributed by atoms with E-state index < -0.39 is 5.97 Å². The van der Waals surface area contributed by atoms with E-state index in [1.54, 1.807) is 19.1 Å².